The molecule has 1 aromatic heterocycles. The standard InChI is InChI=1S/C12H15NO3/c14-12(15)10-9(7-3-1-2-4-7)13-11(16-10)8-5-6-8/h7-8H,1-6H2,(H,14,15). The van der Waals surface area contributed by atoms with Crippen LogP contribution in [0.3, 0.4) is 0 Å². The molecule has 0 atom stereocenters. The van der Waals surface area contributed by atoms with Crippen LogP contribution in [0.1, 0.15) is 72.5 Å². The van der Waals surface area contributed by atoms with E-state index in [0.717, 1.165) is 25.7 Å². The SMILES string of the molecule is O=C(O)c1oc(C2CC2)nc1C1CCCC1. The minimum Gasteiger partial charge on any atom is -0.475 e. The van der Waals surface area contributed by atoms with Gasteiger partial charge in [-0.25, -0.2) is 9.78 Å². The lowest BCUT2D eigenvalue weighted by molar-refractivity contribution is 0.0658. The van der Waals surface area contributed by atoms with Gasteiger partial charge >= 0.3 is 5.97 Å². The fourth-order valence-corrected chi connectivity index (χ4v) is 2.48. The van der Waals surface area contributed by atoms with Crippen molar-refractivity contribution < 1.29 is 14.3 Å². The van der Waals surface area contributed by atoms with E-state index >= 15 is 0 Å². The summed E-state index contributed by atoms with van der Waals surface area (Å²) in [7, 11) is 0. The maximum atomic E-state index is 11.1. The Morgan fingerprint density at radius 3 is 2.44 bits per heavy atom. The van der Waals surface area contributed by atoms with E-state index in [1.165, 1.54) is 12.8 Å². The molecular formula is C12H15NO3. The Bertz CT molecular complexity index is 414. The molecular weight excluding hydrogens is 206 g/mol. The van der Waals surface area contributed by atoms with Gasteiger partial charge in [0.25, 0.3) is 0 Å². The fraction of sp³-hybridized carbons (Fsp3) is 0.667. The molecule has 0 saturated heterocycles. The maximum absolute atomic E-state index is 11.1. The molecule has 1 N–H and O–H groups in total. The number of oxazole rings is 1. The van der Waals surface area contributed by atoms with E-state index in [9.17, 15) is 4.79 Å². The molecule has 4 nitrogen and oxygen atoms in total. The Labute approximate surface area is 93.7 Å². The highest BCUT2D eigenvalue weighted by Crippen LogP contribution is 2.42. The molecule has 2 saturated carbocycles. The Morgan fingerprint density at radius 2 is 1.88 bits per heavy atom. The van der Waals surface area contributed by atoms with Gasteiger partial charge in [-0.3, -0.25) is 0 Å². The third-order valence-corrected chi connectivity index (χ3v) is 3.53. The lowest BCUT2D eigenvalue weighted by Crippen LogP contribution is -2.03. The number of nitrogens with zero attached hydrogens (tertiary/aromatic N) is 1. The first-order valence-electron chi connectivity index (χ1n) is 5.99. The minimum absolute atomic E-state index is 0.0915. The van der Waals surface area contributed by atoms with E-state index in [1.807, 2.05) is 0 Å². The van der Waals surface area contributed by atoms with E-state index in [-0.39, 0.29) is 5.76 Å². The van der Waals surface area contributed by atoms with Gasteiger partial charge in [0, 0.05) is 11.8 Å². The first kappa shape index (κ1) is 9.87. The molecule has 0 aliphatic heterocycles. The van der Waals surface area contributed by atoms with Crippen LogP contribution in [-0.2, 0) is 0 Å². The zero-order chi connectivity index (χ0) is 11.1. The molecule has 16 heavy (non-hydrogen) atoms. The number of hydrogen-bond acceptors (Lipinski definition) is 3. The van der Waals surface area contributed by atoms with Gasteiger partial charge in [0.1, 0.15) is 0 Å². The number of rotatable bonds is 3. The van der Waals surface area contributed by atoms with Gasteiger partial charge in [-0.1, -0.05) is 12.8 Å². The van der Waals surface area contributed by atoms with Gasteiger partial charge < -0.3 is 9.52 Å². The third kappa shape index (κ3) is 1.62. The third-order valence-electron chi connectivity index (χ3n) is 3.53. The predicted molar refractivity (Wildman–Crippen MR) is 56.6 cm³/mol. The van der Waals surface area contributed by atoms with E-state index in [0.29, 0.717) is 23.4 Å². The largest absolute Gasteiger partial charge is 0.475 e. The second-order valence-corrected chi connectivity index (χ2v) is 4.83. The van der Waals surface area contributed by atoms with Crippen molar-refractivity contribution in [2.75, 3.05) is 0 Å². The van der Waals surface area contributed by atoms with Crippen molar-refractivity contribution >= 4 is 5.97 Å². The predicted octanol–water partition coefficient (Wildman–Crippen LogP) is 2.91. The average Bonchev–Trinajstić information content (AvgIpc) is 2.83. The van der Waals surface area contributed by atoms with Gasteiger partial charge in [-0.2, -0.15) is 0 Å². The van der Waals surface area contributed by atoms with Gasteiger partial charge in [0.15, 0.2) is 5.89 Å². The quantitative estimate of drug-likeness (QED) is 0.852. The molecule has 0 amide bonds. The number of aromatic carboxylic acids is 1. The molecule has 2 fully saturated rings. The van der Waals surface area contributed by atoms with Gasteiger partial charge in [-0.05, 0) is 25.7 Å². The summed E-state index contributed by atoms with van der Waals surface area (Å²) >= 11 is 0. The summed E-state index contributed by atoms with van der Waals surface area (Å²) in [4.78, 5) is 15.5. The normalized spacial score (nSPS) is 21.5. The molecule has 1 aromatic rings. The van der Waals surface area contributed by atoms with E-state index in [2.05, 4.69) is 4.98 Å². The monoisotopic (exact) mass is 221 g/mol. The molecule has 0 bridgehead atoms. The second kappa shape index (κ2) is 3.61. The molecule has 0 radical (unpaired) electrons. The Kier molecular flexibility index (Phi) is 2.23. The summed E-state index contributed by atoms with van der Waals surface area (Å²) in [5, 5.41) is 9.11. The average molecular weight is 221 g/mol. The summed E-state index contributed by atoms with van der Waals surface area (Å²) in [5.41, 5.74) is 0.701. The first-order valence-corrected chi connectivity index (χ1v) is 5.99. The summed E-state index contributed by atoms with van der Waals surface area (Å²) in [6.07, 6.45) is 6.63. The van der Waals surface area contributed by atoms with Crippen LogP contribution in [0.2, 0.25) is 0 Å². The maximum Gasteiger partial charge on any atom is 0.373 e. The topological polar surface area (TPSA) is 63.3 Å². The molecule has 3 rings (SSSR count). The molecule has 2 aliphatic carbocycles. The Balaban J connectivity index is 1.96. The zero-order valence-electron chi connectivity index (χ0n) is 9.11. The summed E-state index contributed by atoms with van der Waals surface area (Å²) < 4.78 is 5.40. The lowest BCUT2D eigenvalue weighted by Gasteiger charge is -2.04. The van der Waals surface area contributed by atoms with Crippen LogP contribution in [-0.4, -0.2) is 16.1 Å². The molecule has 0 unspecified atom stereocenters. The first-order chi connectivity index (χ1) is 7.75. The Hall–Kier alpha value is -1.32. The molecule has 86 valence electrons. The summed E-state index contributed by atoms with van der Waals surface area (Å²) in [5.74, 6) is 0.463. The van der Waals surface area contributed by atoms with Crippen molar-refractivity contribution in [1.82, 2.24) is 4.98 Å². The molecule has 0 spiro atoms. The van der Waals surface area contributed by atoms with Crippen LogP contribution < -0.4 is 0 Å². The highest BCUT2D eigenvalue weighted by molar-refractivity contribution is 5.85. The molecule has 2 aliphatic rings. The minimum atomic E-state index is -0.971. The molecule has 0 aromatic carbocycles. The summed E-state index contributed by atoms with van der Waals surface area (Å²) in [6.45, 7) is 0. The van der Waals surface area contributed by atoms with Crippen molar-refractivity contribution in [2.45, 2.75) is 50.4 Å². The number of carboxylic acid groups (broad SMARTS) is 1. The van der Waals surface area contributed by atoms with E-state index in [1.54, 1.807) is 0 Å². The van der Waals surface area contributed by atoms with Crippen molar-refractivity contribution in [3.05, 3.63) is 17.3 Å². The number of hydrogen-bond donors (Lipinski definition) is 1. The lowest BCUT2D eigenvalue weighted by atomic mass is 10.0. The highest BCUT2D eigenvalue weighted by Gasteiger charge is 2.34. The van der Waals surface area contributed by atoms with Crippen LogP contribution in [0, 0.1) is 0 Å². The smallest absolute Gasteiger partial charge is 0.373 e. The van der Waals surface area contributed by atoms with Crippen LogP contribution in [0.25, 0.3) is 0 Å². The van der Waals surface area contributed by atoms with Gasteiger partial charge in [-0.15, -0.1) is 0 Å². The van der Waals surface area contributed by atoms with Crippen LogP contribution in [0.4, 0.5) is 0 Å². The Morgan fingerprint density at radius 1 is 1.19 bits per heavy atom. The van der Waals surface area contributed by atoms with Crippen molar-refractivity contribution in [3.63, 3.8) is 0 Å². The van der Waals surface area contributed by atoms with Gasteiger partial charge in [0.2, 0.25) is 5.76 Å². The van der Waals surface area contributed by atoms with Crippen molar-refractivity contribution in [1.29, 1.82) is 0 Å². The van der Waals surface area contributed by atoms with E-state index in [4.69, 9.17) is 9.52 Å². The summed E-state index contributed by atoms with van der Waals surface area (Å²) in [6, 6.07) is 0. The number of carboxylic acids is 1. The number of carbonyl (C=O) groups is 1. The second-order valence-electron chi connectivity index (χ2n) is 4.83. The van der Waals surface area contributed by atoms with Crippen molar-refractivity contribution in [2.24, 2.45) is 0 Å². The van der Waals surface area contributed by atoms with Crippen LogP contribution >= 0.6 is 0 Å². The highest BCUT2D eigenvalue weighted by atomic mass is 16.4. The van der Waals surface area contributed by atoms with Crippen molar-refractivity contribution in [3.8, 4) is 0 Å². The number of aromatic nitrogens is 1. The zero-order valence-corrected chi connectivity index (χ0v) is 9.11. The van der Waals surface area contributed by atoms with Crippen LogP contribution in [0.15, 0.2) is 4.42 Å². The molecule has 4 heteroatoms. The molecule has 1 heterocycles. The van der Waals surface area contributed by atoms with Crippen LogP contribution in [0.5, 0.6) is 0 Å². The fourth-order valence-electron chi connectivity index (χ4n) is 2.48. The van der Waals surface area contributed by atoms with Gasteiger partial charge in [0.05, 0.1) is 5.69 Å². The van der Waals surface area contributed by atoms with E-state index < -0.39 is 5.97 Å².